The Kier molecular flexibility index (Phi) is 25.0. The number of rotatable bonds is 28. The first-order valence-corrected chi connectivity index (χ1v) is 15.1. The number of alkyl halides is 1. The SMILES string of the molecule is C[C@@H](CCC(=O)NCCOCCOCC(=O)NCCOCCOCC(=O)N[C@@H](CCCCNC(=O)CBr)C(=O)O)C(=O)O. The third kappa shape index (κ3) is 25.4. The highest BCUT2D eigenvalue weighted by Gasteiger charge is 2.19. The molecule has 0 heterocycles. The molecule has 0 aromatic heterocycles. The van der Waals surface area contributed by atoms with E-state index in [1.807, 2.05) is 0 Å². The fourth-order valence-corrected chi connectivity index (χ4v) is 3.35. The third-order valence-corrected chi connectivity index (χ3v) is 6.08. The first kappa shape index (κ1) is 40.1. The lowest BCUT2D eigenvalue weighted by Crippen LogP contribution is -2.42. The van der Waals surface area contributed by atoms with Gasteiger partial charge >= 0.3 is 11.9 Å². The van der Waals surface area contributed by atoms with Gasteiger partial charge in [-0.3, -0.25) is 24.0 Å². The van der Waals surface area contributed by atoms with Crippen molar-refractivity contribution in [3.63, 3.8) is 0 Å². The Bertz CT molecular complexity index is 849. The van der Waals surface area contributed by atoms with Gasteiger partial charge < -0.3 is 50.4 Å². The topological polar surface area (TPSA) is 228 Å². The molecule has 0 aliphatic carbocycles. The molecule has 0 aromatic carbocycles. The van der Waals surface area contributed by atoms with Crippen LogP contribution in [0.4, 0.5) is 0 Å². The van der Waals surface area contributed by atoms with E-state index >= 15 is 0 Å². The molecule has 0 radical (unpaired) electrons. The zero-order chi connectivity index (χ0) is 32.3. The summed E-state index contributed by atoms with van der Waals surface area (Å²) in [5.74, 6) is -3.96. The van der Waals surface area contributed by atoms with Gasteiger partial charge in [0, 0.05) is 26.1 Å². The number of carbonyl (C=O) groups excluding carboxylic acids is 4. The standard InChI is InChI=1S/C26H45BrN4O12/c1-19(25(36)37)5-6-21(32)29-8-10-40-12-14-42-17-23(34)30-9-11-41-13-15-43-18-24(35)31-20(26(38)39)4-2-3-7-28-22(33)16-27/h19-20H,2-18H2,1H3,(H,28,33)(H,29,32)(H,30,34)(H,31,35)(H,36,37)(H,38,39)/t19-,20-/m0/s1. The summed E-state index contributed by atoms with van der Waals surface area (Å²) in [5, 5.41) is 28.6. The number of hydrogen-bond acceptors (Lipinski definition) is 10. The fourth-order valence-electron chi connectivity index (χ4n) is 3.15. The summed E-state index contributed by atoms with van der Waals surface area (Å²) in [6.07, 6.45) is 1.71. The van der Waals surface area contributed by atoms with Crippen LogP contribution < -0.4 is 21.3 Å². The first-order chi connectivity index (χ1) is 20.6. The normalized spacial score (nSPS) is 12.1. The van der Waals surface area contributed by atoms with Gasteiger partial charge in [0.05, 0.1) is 50.9 Å². The van der Waals surface area contributed by atoms with Crippen molar-refractivity contribution in [3.8, 4) is 0 Å². The predicted octanol–water partition coefficient (Wildman–Crippen LogP) is -0.963. The van der Waals surface area contributed by atoms with Crippen molar-refractivity contribution in [3.05, 3.63) is 0 Å². The van der Waals surface area contributed by atoms with Crippen molar-refractivity contribution in [1.29, 1.82) is 0 Å². The van der Waals surface area contributed by atoms with Gasteiger partial charge in [-0.2, -0.15) is 0 Å². The molecule has 17 heteroatoms. The summed E-state index contributed by atoms with van der Waals surface area (Å²) in [6.45, 7) is 3.16. The Morgan fingerprint density at radius 3 is 1.72 bits per heavy atom. The zero-order valence-electron chi connectivity index (χ0n) is 24.5. The lowest BCUT2D eigenvalue weighted by molar-refractivity contribution is -0.143. The minimum Gasteiger partial charge on any atom is -0.481 e. The Hall–Kier alpha value is -2.86. The summed E-state index contributed by atoms with van der Waals surface area (Å²) in [6, 6.07) is -1.05. The average Bonchev–Trinajstić information content (AvgIpc) is 2.97. The molecule has 0 saturated carbocycles. The quantitative estimate of drug-likeness (QED) is 0.0432. The predicted molar refractivity (Wildman–Crippen MR) is 156 cm³/mol. The zero-order valence-corrected chi connectivity index (χ0v) is 26.1. The number of aliphatic carboxylic acids is 2. The maximum atomic E-state index is 11.9. The molecule has 0 saturated heterocycles. The van der Waals surface area contributed by atoms with Crippen molar-refractivity contribution >= 4 is 51.5 Å². The van der Waals surface area contributed by atoms with E-state index in [4.69, 9.17) is 24.1 Å². The van der Waals surface area contributed by atoms with Gasteiger partial charge in [0.1, 0.15) is 19.3 Å². The molecule has 0 bridgehead atoms. The second-order valence-corrected chi connectivity index (χ2v) is 9.81. The van der Waals surface area contributed by atoms with Crippen LogP contribution in [0, 0.1) is 5.92 Å². The smallest absolute Gasteiger partial charge is 0.326 e. The van der Waals surface area contributed by atoms with Crippen molar-refractivity contribution < 1.29 is 57.9 Å². The molecule has 2 atom stereocenters. The van der Waals surface area contributed by atoms with Crippen molar-refractivity contribution in [1.82, 2.24) is 21.3 Å². The molecule has 16 nitrogen and oxygen atoms in total. The molecule has 0 unspecified atom stereocenters. The summed E-state index contributed by atoms with van der Waals surface area (Å²) in [7, 11) is 0. The third-order valence-electron chi connectivity index (χ3n) is 5.57. The summed E-state index contributed by atoms with van der Waals surface area (Å²) < 4.78 is 21.0. The number of unbranched alkanes of at least 4 members (excludes halogenated alkanes) is 1. The number of nitrogens with one attached hydrogen (secondary N) is 4. The molecular formula is C26H45BrN4O12. The van der Waals surface area contributed by atoms with Crippen LogP contribution in [0.25, 0.3) is 0 Å². The largest absolute Gasteiger partial charge is 0.481 e. The molecule has 0 rings (SSSR count). The Morgan fingerprint density at radius 2 is 1.16 bits per heavy atom. The second-order valence-electron chi connectivity index (χ2n) is 9.25. The number of carboxylic acid groups (broad SMARTS) is 2. The van der Waals surface area contributed by atoms with Crippen molar-refractivity contribution in [2.75, 3.05) is 77.8 Å². The highest BCUT2D eigenvalue weighted by atomic mass is 79.9. The van der Waals surface area contributed by atoms with Gasteiger partial charge in [-0.15, -0.1) is 0 Å². The molecule has 0 fully saturated rings. The van der Waals surface area contributed by atoms with E-state index in [2.05, 4.69) is 37.2 Å². The van der Waals surface area contributed by atoms with E-state index in [9.17, 15) is 33.9 Å². The Morgan fingerprint density at radius 1 is 0.628 bits per heavy atom. The average molecular weight is 686 g/mol. The lowest BCUT2D eigenvalue weighted by Gasteiger charge is -2.14. The highest BCUT2D eigenvalue weighted by Crippen LogP contribution is 2.05. The maximum Gasteiger partial charge on any atom is 0.326 e. The van der Waals surface area contributed by atoms with Crippen LogP contribution in [0.2, 0.25) is 0 Å². The number of ether oxygens (including phenoxy) is 4. The number of carbonyl (C=O) groups is 6. The summed E-state index contributed by atoms with van der Waals surface area (Å²) >= 11 is 3.03. The van der Waals surface area contributed by atoms with E-state index in [1.54, 1.807) is 6.92 Å². The van der Waals surface area contributed by atoms with Crippen LogP contribution in [0.3, 0.4) is 0 Å². The van der Waals surface area contributed by atoms with Crippen LogP contribution in [-0.2, 0) is 47.7 Å². The Balaban J connectivity index is 3.63. The van der Waals surface area contributed by atoms with Crippen LogP contribution in [0.15, 0.2) is 0 Å². The van der Waals surface area contributed by atoms with Gasteiger partial charge in [0.2, 0.25) is 23.6 Å². The molecule has 43 heavy (non-hydrogen) atoms. The molecule has 0 aromatic rings. The lowest BCUT2D eigenvalue weighted by atomic mass is 10.1. The van der Waals surface area contributed by atoms with Gasteiger partial charge in [-0.05, 0) is 25.7 Å². The molecule has 0 spiro atoms. The number of halogens is 1. The number of hydrogen-bond donors (Lipinski definition) is 6. The number of carboxylic acids is 2. The molecule has 0 aliphatic rings. The molecule has 6 N–H and O–H groups in total. The van der Waals surface area contributed by atoms with Gasteiger partial charge in [0.15, 0.2) is 0 Å². The minimum absolute atomic E-state index is 0.100. The van der Waals surface area contributed by atoms with E-state index in [0.717, 1.165) is 0 Å². The first-order valence-electron chi connectivity index (χ1n) is 14.0. The maximum absolute atomic E-state index is 11.9. The van der Waals surface area contributed by atoms with E-state index in [-0.39, 0.29) is 108 Å². The summed E-state index contributed by atoms with van der Waals surface area (Å²) in [5.41, 5.74) is 0. The molecular weight excluding hydrogens is 640 g/mol. The molecule has 248 valence electrons. The minimum atomic E-state index is -1.15. The van der Waals surface area contributed by atoms with Gasteiger partial charge in [0.25, 0.3) is 0 Å². The second kappa shape index (κ2) is 26.7. The number of amides is 4. The van der Waals surface area contributed by atoms with E-state index in [0.29, 0.717) is 19.4 Å². The van der Waals surface area contributed by atoms with E-state index < -0.39 is 29.8 Å². The molecule has 4 amide bonds. The van der Waals surface area contributed by atoms with Gasteiger partial charge in [-0.25, -0.2) is 4.79 Å². The monoisotopic (exact) mass is 684 g/mol. The van der Waals surface area contributed by atoms with Gasteiger partial charge in [-0.1, -0.05) is 22.9 Å². The molecule has 0 aliphatic heterocycles. The van der Waals surface area contributed by atoms with Crippen molar-refractivity contribution in [2.24, 2.45) is 5.92 Å². The highest BCUT2D eigenvalue weighted by molar-refractivity contribution is 9.09. The van der Waals surface area contributed by atoms with Crippen LogP contribution in [-0.4, -0.2) is 130 Å². The fraction of sp³-hybridized carbons (Fsp3) is 0.769. The summed E-state index contributed by atoms with van der Waals surface area (Å²) in [4.78, 5) is 68.5. The van der Waals surface area contributed by atoms with E-state index in [1.165, 1.54) is 0 Å². The van der Waals surface area contributed by atoms with Crippen LogP contribution >= 0.6 is 15.9 Å². The van der Waals surface area contributed by atoms with Crippen LogP contribution in [0.1, 0.15) is 39.0 Å². The Labute approximate surface area is 259 Å². The van der Waals surface area contributed by atoms with Crippen molar-refractivity contribution in [2.45, 2.75) is 45.1 Å². The van der Waals surface area contributed by atoms with Crippen LogP contribution in [0.5, 0.6) is 0 Å².